The van der Waals surface area contributed by atoms with E-state index < -0.39 is 0 Å². The van der Waals surface area contributed by atoms with E-state index in [1.807, 2.05) is 6.08 Å². The summed E-state index contributed by atoms with van der Waals surface area (Å²) in [6, 6.07) is 2.12. The number of nitrogens with one attached hydrogen (secondary N) is 1. The monoisotopic (exact) mass is 194 g/mol. The molecule has 0 rings (SSSR count). The Morgan fingerprint density at radius 2 is 1.79 bits per heavy atom. The first-order chi connectivity index (χ1) is 6.91. The smallest absolute Gasteiger partial charge is 0.0635 e. The molecule has 0 aromatic heterocycles. The summed E-state index contributed by atoms with van der Waals surface area (Å²) >= 11 is 0. The van der Waals surface area contributed by atoms with Crippen LogP contribution in [0.1, 0.15) is 44.9 Å². The molecular weight excluding hydrogens is 172 g/mol. The third-order valence-electron chi connectivity index (χ3n) is 2.18. The van der Waals surface area contributed by atoms with Gasteiger partial charge in [-0.3, -0.25) is 0 Å². The molecule has 0 aliphatic heterocycles. The van der Waals surface area contributed by atoms with Gasteiger partial charge in [-0.05, 0) is 25.8 Å². The zero-order chi connectivity index (χ0) is 10.5. The molecule has 0 bridgehead atoms. The maximum atomic E-state index is 8.29. The van der Waals surface area contributed by atoms with Crippen molar-refractivity contribution in [3.63, 3.8) is 0 Å². The zero-order valence-electron chi connectivity index (χ0n) is 9.10. The molecule has 0 radical (unpaired) electrons. The lowest BCUT2D eigenvalue weighted by Gasteiger charge is -2.01. The van der Waals surface area contributed by atoms with Gasteiger partial charge in [-0.1, -0.05) is 25.3 Å². The van der Waals surface area contributed by atoms with Gasteiger partial charge >= 0.3 is 0 Å². The highest BCUT2D eigenvalue weighted by atomic mass is 14.8. The minimum Gasteiger partial charge on any atom is -0.316 e. The summed E-state index contributed by atoms with van der Waals surface area (Å²) in [5, 5.41) is 11.5. The molecule has 0 aromatic rings. The SMILES string of the molecule is C=CCCCCCCCNCCC#N. The summed E-state index contributed by atoms with van der Waals surface area (Å²) < 4.78 is 0. The Hall–Kier alpha value is -0.810. The molecule has 0 aliphatic rings. The first-order valence-corrected chi connectivity index (χ1v) is 5.60. The Balaban J connectivity index is 2.85. The molecule has 0 atom stereocenters. The van der Waals surface area contributed by atoms with Gasteiger partial charge in [-0.25, -0.2) is 0 Å². The molecule has 0 aliphatic carbocycles. The molecular formula is C12H22N2. The van der Waals surface area contributed by atoms with Crippen molar-refractivity contribution in [3.05, 3.63) is 12.7 Å². The number of nitriles is 1. The molecule has 0 saturated heterocycles. The molecule has 2 heteroatoms. The predicted octanol–water partition coefficient (Wildman–Crippen LogP) is 3.02. The van der Waals surface area contributed by atoms with Crippen LogP contribution in [0.5, 0.6) is 0 Å². The highest BCUT2D eigenvalue weighted by molar-refractivity contribution is 4.69. The van der Waals surface area contributed by atoms with Crippen LogP contribution in [0.4, 0.5) is 0 Å². The van der Waals surface area contributed by atoms with E-state index in [0.717, 1.165) is 19.5 Å². The average Bonchev–Trinajstić information content (AvgIpc) is 2.21. The van der Waals surface area contributed by atoms with Gasteiger partial charge in [0, 0.05) is 13.0 Å². The first kappa shape index (κ1) is 13.2. The van der Waals surface area contributed by atoms with E-state index in [4.69, 9.17) is 5.26 Å². The van der Waals surface area contributed by atoms with Crippen LogP contribution >= 0.6 is 0 Å². The fraction of sp³-hybridized carbons (Fsp3) is 0.750. The summed E-state index contributed by atoms with van der Waals surface area (Å²) in [6.45, 7) is 5.60. The Labute approximate surface area is 88.0 Å². The van der Waals surface area contributed by atoms with Crippen molar-refractivity contribution in [2.75, 3.05) is 13.1 Å². The van der Waals surface area contributed by atoms with Crippen LogP contribution in [-0.2, 0) is 0 Å². The molecule has 14 heavy (non-hydrogen) atoms. The second kappa shape index (κ2) is 12.2. The maximum absolute atomic E-state index is 8.29. The second-order valence-corrected chi connectivity index (χ2v) is 3.50. The van der Waals surface area contributed by atoms with E-state index in [9.17, 15) is 0 Å². The topological polar surface area (TPSA) is 35.8 Å². The van der Waals surface area contributed by atoms with Crippen LogP contribution in [0, 0.1) is 11.3 Å². The summed E-state index contributed by atoms with van der Waals surface area (Å²) in [7, 11) is 0. The number of nitrogens with zero attached hydrogens (tertiary/aromatic N) is 1. The van der Waals surface area contributed by atoms with Crippen molar-refractivity contribution in [2.45, 2.75) is 44.9 Å². The molecule has 0 fully saturated rings. The molecule has 0 saturated carbocycles. The van der Waals surface area contributed by atoms with Gasteiger partial charge in [-0.15, -0.1) is 6.58 Å². The van der Waals surface area contributed by atoms with Crippen LogP contribution in [0.2, 0.25) is 0 Å². The maximum Gasteiger partial charge on any atom is 0.0635 e. The first-order valence-electron chi connectivity index (χ1n) is 5.60. The summed E-state index contributed by atoms with van der Waals surface area (Å²) in [4.78, 5) is 0. The molecule has 0 amide bonds. The van der Waals surface area contributed by atoms with E-state index in [1.54, 1.807) is 0 Å². The normalized spacial score (nSPS) is 9.64. The molecule has 80 valence electrons. The second-order valence-electron chi connectivity index (χ2n) is 3.50. The van der Waals surface area contributed by atoms with Crippen molar-refractivity contribution in [1.82, 2.24) is 5.32 Å². The minimum atomic E-state index is 0.624. The van der Waals surface area contributed by atoms with Gasteiger partial charge in [0.2, 0.25) is 0 Å². The van der Waals surface area contributed by atoms with Gasteiger partial charge in [0.15, 0.2) is 0 Å². The van der Waals surface area contributed by atoms with E-state index in [0.29, 0.717) is 6.42 Å². The lowest BCUT2D eigenvalue weighted by molar-refractivity contribution is 0.580. The summed E-state index contributed by atoms with van der Waals surface area (Å²) in [5.41, 5.74) is 0. The van der Waals surface area contributed by atoms with E-state index in [1.165, 1.54) is 32.1 Å². The lowest BCUT2D eigenvalue weighted by atomic mass is 10.1. The number of rotatable bonds is 10. The Bertz CT molecular complexity index is 158. The third-order valence-corrected chi connectivity index (χ3v) is 2.18. The van der Waals surface area contributed by atoms with Crippen molar-refractivity contribution >= 4 is 0 Å². The molecule has 0 unspecified atom stereocenters. The number of unbranched alkanes of at least 4 members (excludes halogenated alkanes) is 5. The van der Waals surface area contributed by atoms with Crippen LogP contribution < -0.4 is 5.32 Å². The molecule has 0 heterocycles. The number of hydrogen-bond acceptors (Lipinski definition) is 2. The highest BCUT2D eigenvalue weighted by Crippen LogP contribution is 2.04. The largest absolute Gasteiger partial charge is 0.316 e. The lowest BCUT2D eigenvalue weighted by Crippen LogP contribution is -2.15. The van der Waals surface area contributed by atoms with Crippen LogP contribution in [0.3, 0.4) is 0 Å². The molecule has 0 spiro atoms. The quantitative estimate of drug-likeness (QED) is 0.428. The van der Waals surface area contributed by atoms with Crippen LogP contribution in [-0.4, -0.2) is 13.1 Å². The standard InChI is InChI=1S/C12H22N2/c1-2-3-4-5-6-7-8-11-14-12-9-10-13/h2,14H,1,3-9,11-12H2. The average molecular weight is 194 g/mol. The third kappa shape index (κ3) is 11.2. The van der Waals surface area contributed by atoms with E-state index in [-0.39, 0.29) is 0 Å². The van der Waals surface area contributed by atoms with E-state index in [2.05, 4.69) is 18.0 Å². The van der Waals surface area contributed by atoms with Gasteiger partial charge in [0.05, 0.1) is 6.07 Å². The summed E-state index contributed by atoms with van der Waals surface area (Å²) in [5.74, 6) is 0. The highest BCUT2D eigenvalue weighted by Gasteiger charge is 1.90. The Morgan fingerprint density at radius 3 is 2.50 bits per heavy atom. The summed E-state index contributed by atoms with van der Waals surface area (Å²) in [6.07, 6.45) is 10.2. The number of allylic oxidation sites excluding steroid dienone is 1. The van der Waals surface area contributed by atoms with Gasteiger partial charge in [0.25, 0.3) is 0 Å². The van der Waals surface area contributed by atoms with E-state index >= 15 is 0 Å². The zero-order valence-corrected chi connectivity index (χ0v) is 9.10. The van der Waals surface area contributed by atoms with Gasteiger partial charge < -0.3 is 5.32 Å². The van der Waals surface area contributed by atoms with Crippen molar-refractivity contribution in [1.29, 1.82) is 5.26 Å². The van der Waals surface area contributed by atoms with Gasteiger partial charge in [-0.2, -0.15) is 5.26 Å². The molecule has 1 N–H and O–H groups in total. The Kier molecular flexibility index (Phi) is 11.5. The van der Waals surface area contributed by atoms with Crippen molar-refractivity contribution in [3.8, 4) is 6.07 Å². The van der Waals surface area contributed by atoms with Crippen molar-refractivity contribution < 1.29 is 0 Å². The molecule has 2 nitrogen and oxygen atoms in total. The predicted molar refractivity (Wildman–Crippen MR) is 61.0 cm³/mol. The number of hydrogen-bond donors (Lipinski definition) is 1. The minimum absolute atomic E-state index is 0.624. The van der Waals surface area contributed by atoms with Crippen LogP contribution in [0.25, 0.3) is 0 Å². The van der Waals surface area contributed by atoms with Crippen LogP contribution in [0.15, 0.2) is 12.7 Å². The van der Waals surface area contributed by atoms with Crippen molar-refractivity contribution in [2.24, 2.45) is 0 Å². The fourth-order valence-corrected chi connectivity index (χ4v) is 1.34. The fourth-order valence-electron chi connectivity index (χ4n) is 1.34. The Morgan fingerprint density at radius 1 is 1.07 bits per heavy atom. The van der Waals surface area contributed by atoms with Gasteiger partial charge in [0.1, 0.15) is 0 Å². The molecule has 0 aromatic carbocycles.